The highest BCUT2D eigenvalue weighted by atomic mass is 15.1. The quantitative estimate of drug-likeness (QED) is 0.727. The number of nitrogens with one attached hydrogen (secondary N) is 1. The first kappa shape index (κ1) is 10.4. The topological polar surface area (TPSA) is 15.3 Å². The third kappa shape index (κ3) is 3.25. The van der Waals surface area contributed by atoms with Crippen LogP contribution in [0.1, 0.15) is 44.9 Å². The molecule has 0 bridgehead atoms. The Morgan fingerprint density at radius 3 is 2.57 bits per heavy atom. The van der Waals surface area contributed by atoms with E-state index in [9.17, 15) is 0 Å². The van der Waals surface area contributed by atoms with Crippen molar-refractivity contribution in [1.29, 1.82) is 0 Å². The minimum absolute atomic E-state index is 0.788. The van der Waals surface area contributed by atoms with Crippen LogP contribution in [0.25, 0.3) is 0 Å². The average Bonchev–Trinajstić information content (AvgIpc) is 2.48. The van der Waals surface area contributed by atoms with E-state index in [0.29, 0.717) is 0 Å². The fraction of sp³-hybridized carbons (Fsp3) is 1.00. The number of likely N-dealkylation sites (tertiary alicyclic amines) is 1. The predicted octanol–water partition coefficient (Wildman–Crippen LogP) is 2.00. The van der Waals surface area contributed by atoms with E-state index < -0.39 is 0 Å². The summed E-state index contributed by atoms with van der Waals surface area (Å²) in [7, 11) is 0. The normalized spacial score (nSPS) is 31.3. The van der Waals surface area contributed by atoms with Crippen molar-refractivity contribution in [3.8, 4) is 0 Å². The molecule has 14 heavy (non-hydrogen) atoms. The Morgan fingerprint density at radius 1 is 0.929 bits per heavy atom. The Bertz CT molecular complexity index is 144. The average molecular weight is 196 g/mol. The predicted molar refractivity (Wildman–Crippen MR) is 60.5 cm³/mol. The summed E-state index contributed by atoms with van der Waals surface area (Å²) in [5, 5.41) is 3.69. The molecule has 0 aromatic rings. The van der Waals surface area contributed by atoms with Crippen molar-refractivity contribution < 1.29 is 0 Å². The lowest BCUT2D eigenvalue weighted by atomic mass is 10.1. The van der Waals surface area contributed by atoms with E-state index in [1.165, 1.54) is 71.1 Å². The van der Waals surface area contributed by atoms with Crippen LogP contribution in [0.15, 0.2) is 0 Å². The van der Waals surface area contributed by atoms with Crippen molar-refractivity contribution >= 4 is 0 Å². The van der Waals surface area contributed by atoms with E-state index >= 15 is 0 Å². The highest BCUT2D eigenvalue weighted by Crippen LogP contribution is 2.13. The second-order valence-corrected chi connectivity index (χ2v) is 4.86. The van der Waals surface area contributed by atoms with E-state index in [1.807, 2.05) is 0 Å². The molecule has 2 aliphatic heterocycles. The zero-order valence-corrected chi connectivity index (χ0v) is 9.30. The summed E-state index contributed by atoms with van der Waals surface area (Å²) in [6, 6.07) is 0.788. The molecular weight excluding hydrogens is 172 g/mol. The second-order valence-electron chi connectivity index (χ2n) is 4.86. The number of nitrogens with zero attached hydrogens (tertiary/aromatic N) is 1. The fourth-order valence-electron chi connectivity index (χ4n) is 2.71. The molecule has 0 aromatic heterocycles. The van der Waals surface area contributed by atoms with E-state index in [2.05, 4.69) is 10.2 Å². The highest BCUT2D eigenvalue weighted by molar-refractivity contribution is 4.76. The Balaban J connectivity index is 1.71. The van der Waals surface area contributed by atoms with Gasteiger partial charge in [0, 0.05) is 12.6 Å². The third-order valence-corrected chi connectivity index (χ3v) is 3.59. The summed E-state index contributed by atoms with van der Waals surface area (Å²) < 4.78 is 0. The van der Waals surface area contributed by atoms with Gasteiger partial charge >= 0.3 is 0 Å². The second kappa shape index (κ2) is 5.72. The van der Waals surface area contributed by atoms with Crippen LogP contribution in [0.2, 0.25) is 0 Å². The van der Waals surface area contributed by atoms with Crippen molar-refractivity contribution in [2.75, 3.05) is 26.2 Å². The van der Waals surface area contributed by atoms with Crippen LogP contribution in [0.4, 0.5) is 0 Å². The Labute approximate surface area is 88.1 Å². The lowest BCUT2D eigenvalue weighted by Crippen LogP contribution is -2.42. The van der Waals surface area contributed by atoms with Gasteiger partial charge in [0.25, 0.3) is 0 Å². The molecule has 2 heterocycles. The summed E-state index contributed by atoms with van der Waals surface area (Å²) in [6.45, 7) is 5.24. The zero-order valence-electron chi connectivity index (χ0n) is 9.30. The Morgan fingerprint density at radius 2 is 1.71 bits per heavy atom. The van der Waals surface area contributed by atoms with Gasteiger partial charge in [-0.05, 0) is 45.3 Å². The molecule has 2 fully saturated rings. The molecule has 0 radical (unpaired) electrons. The first-order valence-electron chi connectivity index (χ1n) is 6.41. The van der Waals surface area contributed by atoms with Gasteiger partial charge in [-0.2, -0.15) is 0 Å². The molecule has 0 aromatic carbocycles. The molecule has 0 amide bonds. The van der Waals surface area contributed by atoms with Crippen LogP contribution >= 0.6 is 0 Å². The van der Waals surface area contributed by atoms with E-state index in [1.54, 1.807) is 0 Å². The van der Waals surface area contributed by atoms with Gasteiger partial charge < -0.3 is 10.2 Å². The molecule has 0 unspecified atom stereocenters. The van der Waals surface area contributed by atoms with Crippen LogP contribution in [0, 0.1) is 0 Å². The molecule has 0 aliphatic carbocycles. The van der Waals surface area contributed by atoms with Crippen LogP contribution in [0.3, 0.4) is 0 Å². The van der Waals surface area contributed by atoms with Gasteiger partial charge in [-0.15, -0.1) is 0 Å². The molecular formula is C12H24N2. The van der Waals surface area contributed by atoms with Gasteiger partial charge in [0.15, 0.2) is 0 Å². The first-order valence-corrected chi connectivity index (χ1v) is 6.41. The summed E-state index contributed by atoms with van der Waals surface area (Å²) in [6.07, 6.45) is 9.95. The van der Waals surface area contributed by atoms with Crippen LogP contribution < -0.4 is 5.32 Å². The first-order chi connectivity index (χ1) is 6.95. The summed E-state index contributed by atoms with van der Waals surface area (Å²) in [5.74, 6) is 0. The van der Waals surface area contributed by atoms with Crippen molar-refractivity contribution in [3.05, 3.63) is 0 Å². The molecule has 1 atom stereocenters. The van der Waals surface area contributed by atoms with Gasteiger partial charge in [0.2, 0.25) is 0 Å². The van der Waals surface area contributed by atoms with E-state index in [0.717, 1.165) is 6.04 Å². The molecule has 82 valence electrons. The Kier molecular flexibility index (Phi) is 4.26. The summed E-state index contributed by atoms with van der Waals surface area (Å²) >= 11 is 0. The van der Waals surface area contributed by atoms with Crippen molar-refractivity contribution in [1.82, 2.24) is 10.2 Å². The third-order valence-electron chi connectivity index (χ3n) is 3.59. The highest BCUT2D eigenvalue weighted by Gasteiger charge is 2.16. The van der Waals surface area contributed by atoms with Gasteiger partial charge in [-0.25, -0.2) is 0 Å². The summed E-state index contributed by atoms with van der Waals surface area (Å²) in [5.41, 5.74) is 0. The number of hydrogen-bond donors (Lipinski definition) is 1. The van der Waals surface area contributed by atoms with E-state index in [4.69, 9.17) is 0 Å². The maximum absolute atomic E-state index is 3.69. The van der Waals surface area contributed by atoms with Crippen molar-refractivity contribution in [2.24, 2.45) is 0 Å². The maximum Gasteiger partial charge on any atom is 0.0195 e. The molecule has 2 saturated heterocycles. The summed E-state index contributed by atoms with van der Waals surface area (Å²) in [4.78, 5) is 2.66. The molecule has 2 rings (SSSR count). The smallest absolute Gasteiger partial charge is 0.0195 e. The van der Waals surface area contributed by atoms with Crippen molar-refractivity contribution in [2.45, 2.75) is 51.0 Å². The van der Waals surface area contributed by atoms with E-state index in [-0.39, 0.29) is 0 Å². The lowest BCUT2D eigenvalue weighted by Gasteiger charge is -2.30. The fourth-order valence-corrected chi connectivity index (χ4v) is 2.71. The van der Waals surface area contributed by atoms with Crippen molar-refractivity contribution in [3.63, 3.8) is 0 Å². The SMILES string of the molecule is C1CCN[C@@H](CN2CCCCC2)CC1. The van der Waals surface area contributed by atoms with Gasteiger partial charge in [0.05, 0.1) is 0 Å². The zero-order chi connectivity index (χ0) is 9.64. The van der Waals surface area contributed by atoms with Crippen LogP contribution in [-0.4, -0.2) is 37.1 Å². The molecule has 2 nitrogen and oxygen atoms in total. The molecule has 1 N–H and O–H groups in total. The molecule has 0 saturated carbocycles. The lowest BCUT2D eigenvalue weighted by molar-refractivity contribution is 0.203. The van der Waals surface area contributed by atoms with Crippen LogP contribution in [-0.2, 0) is 0 Å². The molecule has 2 aliphatic rings. The largest absolute Gasteiger partial charge is 0.313 e. The number of hydrogen-bond acceptors (Lipinski definition) is 2. The maximum atomic E-state index is 3.69. The van der Waals surface area contributed by atoms with Crippen LogP contribution in [0.5, 0.6) is 0 Å². The number of piperidine rings is 1. The Hall–Kier alpha value is -0.0800. The van der Waals surface area contributed by atoms with Gasteiger partial charge in [-0.3, -0.25) is 0 Å². The minimum atomic E-state index is 0.788. The monoisotopic (exact) mass is 196 g/mol. The molecule has 2 heteroatoms. The van der Waals surface area contributed by atoms with Gasteiger partial charge in [0.1, 0.15) is 0 Å². The van der Waals surface area contributed by atoms with Gasteiger partial charge in [-0.1, -0.05) is 19.3 Å². The number of rotatable bonds is 2. The minimum Gasteiger partial charge on any atom is -0.313 e. The molecule has 0 spiro atoms. The standard InChI is InChI=1S/C12H24N2/c1-3-7-12(13-8-4-1)11-14-9-5-2-6-10-14/h12-13H,1-11H2/t12-/m1/s1.